The molecule has 2 rings (SSSR count). The largest absolute Gasteiger partial charge is 0.320 e. The van der Waals surface area contributed by atoms with Crippen LogP contribution in [-0.4, -0.2) is 0 Å². The highest BCUT2D eigenvalue weighted by molar-refractivity contribution is 9.10. The first-order valence-corrected chi connectivity index (χ1v) is 7.04. The second-order valence-corrected chi connectivity index (χ2v) is 6.41. The Kier molecular flexibility index (Phi) is 4.06. The van der Waals surface area contributed by atoms with Gasteiger partial charge in [0.05, 0.1) is 6.04 Å². The van der Waals surface area contributed by atoms with Gasteiger partial charge in [0.25, 0.3) is 0 Å². The van der Waals surface area contributed by atoms with Crippen molar-refractivity contribution in [1.82, 2.24) is 0 Å². The number of benzene rings is 1. The van der Waals surface area contributed by atoms with E-state index in [1.54, 1.807) is 13.0 Å². The van der Waals surface area contributed by atoms with Crippen molar-refractivity contribution >= 4 is 38.9 Å². The summed E-state index contributed by atoms with van der Waals surface area (Å²) in [5.74, 6) is -1.22. The topological polar surface area (TPSA) is 26.0 Å². The van der Waals surface area contributed by atoms with Gasteiger partial charge in [-0.3, -0.25) is 0 Å². The zero-order valence-electron chi connectivity index (χ0n) is 9.31. The van der Waals surface area contributed by atoms with Crippen molar-refractivity contribution < 1.29 is 8.78 Å². The second kappa shape index (κ2) is 5.25. The second-order valence-electron chi connectivity index (χ2n) is 3.87. The molecule has 18 heavy (non-hydrogen) atoms. The Hall–Kier alpha value is -0.490. The Morgan fingerprint density at radius 2 is 1.94 bits per heavy atom. The highest BCUT2D eigenvalue weighted by Gasteiger charge is 2.18. The molecule has 6 heteroatoms. The van der Waals surface area contributed by atoms with E-state index in [4.69, 9.17) is 17.3 Å². The van der Waals surface area contributed by atoms with Gasteiger partial charge in [0.15, 0.2) is 0 Å². The quantitative estimate of drug-likeness (QED) is 0.825. The Balaban J connectivity index is 2.45. The summed E-state index contributed by atoms with van der Waals surface area (Å²) in [6.07, 6.45) is 0. The number of halogens is 4. The lowest BCUT2D eigenvalue weighted by molar-refractivity contribution is 0.561. The number of nitrogens with two attached hydrogens (primary N) is 1. The average Bonchev–Trinajstić information content (AvgIpc) is 2.63. The molecule has 2 N–H and O–H groups in total. The van der Waals surface area contributed by atoms with Crippen LogP contribution in [0.2, 0.25) is 4.34 Å². The van der Waals surface area contributed by atoms with Gasteiger partial charge in [-0.25, -0.2) is 8.78 Å². The lowest BCUT2D eigenvalue weighted by atomic mass is 10.0. The first-order chi connectivity index (χ1) is 8.40. The third-order valence-corrected chi connectivity index (χ3v) is 5.14. The van der Waals surface area contributed by atoms with E-state index >= 15 is 0 Å². The fourth-order valence-corrected chi connectivity index (χ4v) is 3.34. The molecular weight excluding hydrogens is 344 g/mol. The molecule has 0 fully saturated rings. The molecule has 1 atom stereocenters. The Bertz CT molecular complexity index is 581. The molecule has 0 aliphatic rings. The van der Waals surface area contributed by atoms with Crippen molar-refractivity contribution in [2.75, 3.05) is 0 Å². The maximum absolute atomic E-state index is 13.7. The minimum absolute atomic E-state index is 0.263. The van der Waals surface area contributed by atoms with Crippen LogP contribution in [0.3, 0.4) is 0 Å². The summed E-state index contributed by atoms with van der Waals surface area (Å²) < 4.78 is 28.2. The van der Waals surface area contributed by atoms with E-state index in [-0.39, 0.29) is 5.56 Å². The van der Waals surface area contributed by atoms with Gasteiger partial charge in [-0.15, -0.1) is 11.3 Å². The van der Waals surface area contributed by atoms with Gasteiger partial charge in [-0.2, -0.15) is 0 Å². The monoisotopic (exact) mass is 351 g/mol. The molecule has 96 valence electrons. The lowest BCUT2D eigenvalue weighted by Gasteiger charge is -2.12. The molecule has 0 aliphatic heterocycles. The van der Waals surface area contributed by atoms with Crippen LogP contribution in [0, 0.1) is 18.6 Å². The van der Waals surface area contributed by atoms with E-state index in [2.05, 4.69) is 15.9 Å². The van der Waals surface area contributed by atoms with E-state index in [1.165, 1.54) is 17.4 Å². The molecule has 0 saturated heterocycles. The summed E-state index contributed by atoms with van der Waals surface area (Å²) in [4.78, 5) is 0.719. The smallest absolute Gasteiger partial charge is 0.131 e. The highest BCUT2D eigenvalue weighted by atomic mass is 79.9. The van der Waals surface area contributed by atoms with Crippen LogP contribution < -0.4 is 5.73 Å². The normalized spacial score (nSPS) is 12.8. The van der Waals surface area contributed by atoms with E-state index in [0.29, 0.717) is 9.90 Å². The van der Waals surface area contributed by atoms with Gasteiger partial charge in [-0.1, -0.05) is 11.6 Å². The van der Waals surface area contributed by atoms with Gasteiger partial charge in [-0.05, 0) is 40.5 Å². The van der Waals surface area contributed by atoms with Gasteiger partial charge < -0.3 is 5.73 Å². The third kappa shape index (κ3) is 2.59. The van der Waals surface area contributed by atoms with Crippen molar-refractivity contribution in [3.63, 3.8) is 0 Å². The molecule has 2 aromatic rings. The number of rotatable bonds is 2. The zero-order valence-corrected chi connectivity index (χ0v) is 12.5. The van der Waals surface area contributed by atoms with Gasteiger partial charge in [0, 0.05) is 21.0 Å². The van der Waals surface area contributed by atoms with Crippen LogP contribution >= 0.6 is 38.9 Å². The molecule has 1 heterocycles. The molecule has 1 aromatic heterocycles. The van der Waals surface area contributed by atoms with E-state index < -0.39 is 17.7 Å². The summed E-state index contributed by atoms with van der Waals surface area (Å²) in [5.41, 5.74) is 6.61. The SMILES string of the molecule is Cc1cc(C(N)c2cc(Br)c(Cl)s2)c(F)cc1F. The maximum Gasteiger partial charge on any atom is 0.131 e. The molecule has 1 aromatic carbocycles. The minimum atomic E-state index is -0.655. The molecule has 0 aliphatic carbocycles. The van der Waals surface area contributed by atoms with Crippen molar-refractivity contribution in [2.24, 2.45) is 5.73 Å². The Morgan fingerprint density at radius 3 is 2.50 bits per heavy atom. The van der Waals surface area contributed by atoms with E-state index in [1.807, 2.05) is 0 Å². The van der Waals surface area contributed by atoms with Crippen LogP contribution in [-0.2, 0) is 0 Å². The average molecular weight is 353 g/mol. The van der Waals surface area contributed by atoms with Crippen molar-refractivity contribution in [3.05, 3.63) is 54.6 Å². The van der Waals surface area contributed by atoms with Gasteiger partial charge in [0.2, 0.25) is 0 Å². The molecule has 1 nitrogen and oxygen atoms in total. The zero-order chi connectivity index (χ0) is 13.4. The first kappa shape index (κ1) is 13.9. The summed E-state index contributed by atoms with van der Waals surface area (Å²) in [7, 11) is 0. The van der Waals surface area contributed by atoms with E-state index in [0.717, 1.165) is 15.4 Å². The molecule has 0 radical (unpaired) electrons. The molecule has 0 saturated carbocycles. The van der Waals surface area contributed by atoms with Crippen LogP contribution in [0.1, 0.15) is 22.0 Å². The summed E-state index contributed by atoms with van der Waals surface area (Å²) in [6.45, 7) is 1.57. The van der Waals surface area contributed by atoms with Crippen molar-refractivity contribution in [3.8, 4) is 0 Å². The number of aryl methyl sites for hydroxylation is 1. The van der Waals surface area contributed by atoms with Crippen LogP contribution in [0.15, 0.2) is 22.7 Å². The predicted octanol–water partition coefficient (Wildman–Crippen LogP) is 4.80. The van der Waals surface area contributed by atoms with Crippen LogP contribution in [0.25, 0.3) is 0 Å². The summed E-state index contributed by atoms with van der Waals surface area (Å²) in [6, 6.07) is 3.37. The van der Waals surface area contributed by atoms with E-state index in [9.17, 15) is 8.78 Å². The third-order valence-electron chi connectivity index (χ3n) is 2.58. The molecular formula is C12H9BrClF2NS. The lowest BCUT2D eigenvalue weighted by Crippen LogP contribution is -2.13. The van der Waals surface area contributed by atoms with Crippen molar-refractivity contribution in [1.29, 1.82) is 0 Å². The standard InChI is InChI=1S/C12H9BrClF2NS/c1-5-2-6(9(16)4-8(5)15)11(17)10-3-7(13)12(14)18-10/h2-4,11H,17H2,1H3. The fourth-order valence-electron chi connectivity index (χ4n) is 1.59. The fraction of sp³-hybridized carbons (Fsp3) is 0.167. The number of hydrogen-bond donors (Lipinski definition) is 1. The first-order valence-electron chi connectivity index (χ1n) is 5.06. The molecule has 0 amide bonds. The Morgan fingerprint density at radius 1 is 1.28 bits per heavy atom. The molecule has 1 unspecified atom stereocenters. The van der Waals surface area contributed by atoms with Gasteiger partial charge in [0.1, 0.15) is 16.0 Å². The van der Waals surface area contributed by atoms with Crippen LogP contribution in [0.4, 0.5) is 8.78 Å². The summed E-state index contributed by atoms with van der Waals surface area (Å²) in [5, 5.41) is 0. The number of thiophene rings is 1. The minimum Gasteiger partial charge on any atom is -0.320 e. The Labute approximate surface area is 121 Å². The molecule has 0 bridgehead atoms. The van der Waals surface area contributed by atoms with Crippen molar-refractivity contribution in [2.45, 2.75) is 13.0 Å². The summed E-state index contributed by atoms with van der Waals surface area (Å²) >= 11 is 10.5. The number of hydrogen-bond acceptors (Lipinski definition) is 2. The van der Waals surface area contributed by atoms with Crippen LogP contribution in [0.5, 0.6) is 0 Å². The maximum atomic E-state index is 13.7. The predicted molar refractivity (Wildman–Crippen MR) is 74.2 cm³/mol. The molecule has 0 spiro atoms. The highest BCUT2D eigenvalue weighted by Crippen LogP contribution is 2.37. The van der Waals surface area contributed by atoms with Gasteiger partial charge >= 0.3 is 0 Å².